The lowest BCUT2D eigenvalue weighted by atomic mass is 10.1. The van der Waals surface area contributed by atoms with Crippen LogP contribution in [0.3, 0.4) is 0 Å². The molecule has 0 radical (unpaired) electrons. The Hall–Kier alpha value is -2.89. The standard InChI is InChI=1S/C22H26FN3O2/c1-17(27)26(15-12-22(28)24-19-7-5-6-18(23)16-19)21-10-8-20(9-11-21)25-13-3-2-4-14-25/h5-11,16H,2-4,12-15H2,1H3,(H,24,28). The highest BCUT2D eigenvalue weighted by Crippen LogP contribution is 2.24. The topological polar surface area (TPSA) is 52.7 Å². The van der Waals surface area contributed by atoms with Crippen LogP contribution in [0.1, 0.15) is 32.6 Å². The smallest absolute Gasteiger partial charge is 0.226 e. The highest BCUT2D eigenvalue weighted by atomic mass is 19.1. The van der Waals surface area contributed by atoms with E-state index in [0.29, 0.717) is 5.69 Å². The predicted molar refractivity (Wildman–Crippen MR) is 110 cm³/mol. The maximum absolute atomic E-state index is 13.2. The molecule has 0 unspecified atom stereocenters. The SMILES string of the molecule is CC(=O)N(CCC(=O)Nc1cccc(F)c1)c1ccc(N2CCCCC2)cc1. The largest absolute Gasteiger partial charge is 0.372 e. The number of piperidine rings is 1. The maximum atomic E-state index is 13.2. The minimum Gasteiger partial charge on any atom is -0.372 e. The second-order valence-electron chi connectivity index (χ2n) is 7.04. The molecule has 2 amide bonds. The van der Waals surface area contributed by atoms with Gasteiger partial charge in [0.2, 0.25) is 11.8 Å². The van der Waals surface area contributed by atoms with Gasteiger partial charge in [-0.1, -0.05) is 6.07 Å². The van der Waals surface area contributed by atoms with Gasteiger partial charge in [-0.15, -0.1) is 0 Å². The van der Waals surface area contributed by atoms with Crippen molar-refractivity contribution in [3.8, 4) is 0 Å². The summed E-state index contributed by atoms with van der Waals surface area (Å²) in [6.45, 7) is 3.88. The number of halogens is 1. The molecule has 1 N–H and O–H groups in total. The van der Waals surface area contributed by atoms with E-state index in [1.807, 2.05) is 24.3 Å². The summed E-state index contributed by atoms with van der Waals surface area (Å²) < 4.78 is 13.2. The van der Waals surface area contributed by atoms with E-state index in [0.717, 1.165) is 24.5 Å². The van der Waals surface area contributed by atoms with E-state index in [2.05, 4.69) is 10.2 Å². The molecule has 0 atom stereocenters. The van der Waals surface area contributed by atoms with Gasteiger partial charge >= 0.3 is 0 Å². The maximum Gasteiger partial charge on any atom is 0.226 e. The summed E-state index contributed by atoms with van der Waals surface area (Å²) >= 11 is 0. The molecule has 1 fully saturated rings. The Morgan fingerprint density at radius 1 is 1.07 bits per heavy atom. The molecule has 3 rings (SSSR count). The first-order valence-electron chi connectivity index (χ1n) is 9.71. The quantitative estimate of drug-likeness (QED) is 0.813. The van der Waals surface area contributed by atoms with Crippen molar-refractivity contribution in [1.82, 2.24) is 0 Å². The molecule has 0 bridgehead atoms. The van der Waals surface area contributed by atoms with Crippen molar-refractivity contribution in [3.63, 3.8) is 0 Å². The average Bonchev–Trinajstić information content (AvgIpc) is 2.69. The molecule has 0 aliphatic carbocycles. The molecule has 148 valence electrons. The van der Waals surface area contributed by atoms with Gasteiger partial charge in [0.1, 0.15) is 5.82 Å². The van der Waals surface area contributed by atoms with Crippen molar-refractivity contribution in [2.75, 3.05) is 34.8 Å². The van der Waals surface area contributed by atoms with Crippen molar-refractivity contribution in [1.29, 1.82) is 0 Å². The van der Waals surface area contributed by atoms with E-state index in [-0.39, 0.29) is 24.8 Å². The Kier molecular flexibility index (Phi) is 6.63. The minimum atomic E-state index is -0.406. The first-order valence-corrected chi connectivity index (χ1v) is 9.71. The summed E-state index contributed by atoms with van der Waals surface area (Å²) in [5, 5.41) is 2.66. The zero-order valence-corrected chi connectivity index (χ0v) is 16.2. The molecule has 2 aromatic carbocycles. The number of anilines is 3. The van der Waals surface area contributed by atoms with Gasteiger partial charge in [-0.05, 0) is 61.7 Å². The van der Waals surface area contributed by atoms with Crippen molar-refractivity contribution in [3.05, 3.63) is 54.3 Å². The molecule has 0 spiro atoms. The fourth-order valence-electron chi connectivity index (χ4n) is 3.47. The number of carbonyl (C=O) groups is 2. The number of amides is 2. The summed E-state index contributed by atoms with van der Waals surface area (Å²) in [4.78, 5) is 28.2. The number of nitrogens with zero attached hydrogens (tertiary/aromatic N) is 2. The van der Waals surface area contributed by atoms with Crippen molar-refractivity contribution in [2.24, 2.45) is 0 Å². The summed E-state index contributed by atoms with van der Waals surface area (Å²) in [7, 11) is 0. The van der Waals surface area contributed by atoms with E-state index < -0.39 is 5.82 Å². The molecule has 1 saturated heterocycles. The molecular weight excluding hydrogens is 357 g/mol. The molecule has 2 aromatic rings. The van der Waals surface area contributed by atoms with Crippen LogP contribution < -0.4 is 15.1 Å². The first-order chi connectivity index (χ1) is 13.5. The Morgan fingerprint density at radius 3 is 2.43 bits per heavy atom. The lowest BCUT2D eigenvalue weighted by Crippen LogP contribution is -2.32. The van der Waals surface area contributed by atoms with Crippen LogP contribution in [0.25, 0.3) is 0 Å². The molecule has 5 nitrogen and oxygen atoms in total. The highest BCUT2D eigenvalue weighted by Gasteiger charge is 2.15. The Morgan fingerprint density at radius 2 is 1.79 bits per heavy atom. The van der Waals surface area contributed by atoms with Crippen LogP contribution in [0.2, 0.25) is 0 Å². The Balaban J connectivity index is 1.59. The number of hydrogen-bond acceptors (Lipinski definition) is 3. The lowest BCUT2D eigenvalue weighted by Gasteiger charge is -2.29. The van der Waals surface area contributed by atoms with Gasteiger partial charge in [-0.2, -0.15) is 0 Å². The van der Waals surface area contributed by atoms with E-state index in [9.17, 15) is 14.0 Å². The molecular formula is C22H26FN3O2. The zero-order valence-electron chi connectivity index (χ0n) is 16.2. The zero-order chi connectivity index (χ0) is 19.9. The van der Waals surface area contributed by atoms with Gasteiger partial charge < -0.3 is 15.1 Å². The van der Waals surface area contributed by atoms with Crippen LogP contribution >= 0.6 is 0 Å². The Bertz CT molecular complexity index is 817. The minimum absolute atomic E-state index is 0.121. The summed E-state index contributed by atoms with van der Waals surface area (Å²) in [5.74, 6) is -0.789. The van der Waals surface area contributed by atoms with Crippen molar-refractivity contribution < 1.29 is 14.0 Å². The van der Waals surface area contributed by atoms with E-state index in [1.165, 1.54) is 44.4 Å². The van der Waals surface area contributed by atoms with Crippen LogP contribution in [-0.4, -0.2) is 31.4 Å². The molecule has 1 heterocycles. The van der Waals surface area contributed by atoms with Gasteiger partial charge in [0, 0.05) is 50.0 Å². The van der Waals surface area contributed by atoms with Gasteiger partial charge in [0.15, 0.2) is 0 Å². The number of rotatable bonds is 6. The van der Waals surface area contributed by atoms with Gasteiger partial charge in [-0.25, -0.2) is 4.39 Å². The highest BCUT2D eigenvalue weighted by molar-refractivity contribution is 5.94. The summed E-state index contributed by atoms with van der Waals surface area (Å²) in [5.41, 5.74) is 2.34. The van der Waals surface area contributed by atoms with E-state index >= 15 is 0 Å². The molecule has 1 aliphatic heterocycles. The van der Waals surface area contributed by atoms with E-state index in [4.69, 9.17) is 0 Å². The van der Waals surface area contributed by atoms with E-state index in [1.54, 1.807) is 11.0 Å². The third-order valence-electron chi connectivity index (χ3n) is 4.93. The van der Waals surface area contributed by atoms with Crippen molar-refractivity contribution in [2.45, 2.75) is 32.6 Å². The molecule has 6 heteroatoms. The van der Waals surface area contributed by atoms with Crippen LogP contribution in [0.4, 0.5) is 21.5 Å². The number of benzene rings is 2. The van der Waals surface area contributed by atoms with Gasteiger partial charge in [0.25, 0.3) is 0 Å². The third-order valence-corrected chi connectivity index (χ3v) is 4.93. The van der Waals surface area contributed by atoms with Crippen molar-refractivity contribution >= 4 is 28.9 Å². The van der Waals surface area contributed by atoms with Gasteiger partial charge in [-0.3, -0.25) is 9.59 Å². The van der Waals surface area contributed by atoms with Crippen LogP contribution in [0.5, 0.6) is 0 Å². The Labute approximate surface area is 165 Å². The average molecular weight is 383 g/mol. The fraction of sp³-hybridized carbons (Fsp3) is 0.364. The molecule has 28 heavy (non-hydrogen) atoms. The normalized spacial score (nSPS) is 13.9. The molecule has 0 saturated carbocycles. The third kappa shape index (κ3) is 5.31. The summed E-state index contributed by atoms with van der Waals surface area (Å²) in [6.07, 6.45) is 3.83. The first kappa shape index (κ1) is 19.9. The number of hydrogen-bond donors (Lipinski definition) is 1. The van der Waals surface area contributed by atoms with Crippen LogP contribution in [0, 0.1) is 5.82 Å². The number of carbonyl (C=O) groups excluding carboxylic acids is 2. The molecule has 0 aromatic heterocycles. The lowest BCUT2D eigenvalue weighted by molar-refractivity contribution is -0.117. The van der Waals surface area contributed by atoms with Gasteiger partial charge in [0.05, 0.1) is 0 Å². The second-order valence-corrected chi connectivity index (χ2v) is 7.04. The van der Waals surface area contributed by atoms with Crippen LogP contribution in [-0.2, 0) is 9.59 Å². The fourth-order valence-corrected chi connectivity index (χ4v) is 3.47. The molecule has 1 aliphatic rings. The second kappa shape index (κ2) is 9.35. The number of nitrogens with one attached hydrogen (secondary N) is 1. The van der Waals surface area contributed by atoms with Crippen LogP contribution in [0.15, 0.2) is 48.5 Å². The predicted octanol–water partition coefficient (Wildman–Crippen LogP) is 4.20. The monoisotopic (exact) mass is 383 g/mol. The summed E-state index contributed by atoms with van der Waals surface area (Å²) in [6, 6.07) is 13.7.